The van der Waals surface area contributed by atoms with Gasteiger partial charge >= 0.3 is 0 Å². The minimum absolute atomic E-state index is 1.28. The first-order chi connectivity index (χ1) is 16.9. The van der Waals surface area contributed by atoms with E-state index in [4.69, 9.17) is 0 Å². The number of hydrogen-bond acceptors (Lipinski definition) is 0. The van der Waals surface area contributed by atoms with Gasteiger partial charge in [0.2, 0.25) is 5.69 Å². The highest BCUT2D eigenvalue weighted by Crippen LogP contribution is 2.32. The lowest BCUT2D eigenvalue weighted by molar-refractivity contribution is -0.660. The van der Waals surface area contributed by atoms with Crippen molar-refractivity contribution in [2.75, 3.05) is 0 Å². The molecule has 1 saturated heterocycles. The van der Waals surface area contributed by atoms with E-state index in [0.717, 1.165) is 0 Å². The van der Waals surface area contributed by atoms with Gasteiger partial charge in [0.05, 0.1) is 0 Å². The van der Waals surface area contributed by atoms with Crippen LogP contribution in [0.1, 0.15) is 24.8 Å². The summed E-state index contributed by atoms with van der Waals surface area (Å²) in [6, 6.07) is 33.5. The summed E-state index contributed by atoms with van der Waals surface area (Å²) >= 11 is 0. The molecule has 3 heteroatoms. The Bertz CT molecular complexity index is 1430. The number of pyridine rings is 1. The number of aromatic nitrogens is 1. The topological polar surface area (TPSA) is 3.88 Å². The maximum atomic E-state index is 2.65. The van der Waals surface area contributed by atoms with Gasteiger partial charge in [-0.25, -0.2) is 4.57 Å². The first kappa shape index (κ1) is 22.7. The van der Waals surface area contributed by atoms with Crippen LogP contribution < -0.4 is 25.3 Å². The fourth-order valence-corrected chi connectivity index (χ4v) is 18.5. The van der Waals surface area contributed by atoms with Gasteiger partial charge in [-0.2, -0.15) is 0 Å². The molecule has 6 rings (SSSR count). The average molecular weight is 491 g/mol. The Morgan fingerprint density at radius 1 is 0.657 bits per heavy atom. The molecule has 1 fully saturated rings. The Morgan fingerprint density at radius 3 is 2.09 bits per heavy atom. The third kappa shape index (κ3) is 3.51. The summed E-state index contributed by atoms with van der Waals surface area (Å²) in [7, 11) is -1.29. The lowest BCUT2D eigenvalue weighted by atomic mass is 10.0. The first-order valence-electron chi connectivity index (χ1n) is 13.2. The minimum atomic E-state index is -1.73. The van der Waals surface area contributed by atoms with E-state index in [1.165, 1.54) is 59.3 Å². The van der Waals surface area contributed by atoms with E-state index >= 15 is 0 Å². The van der Waals surface area contributed by atoms with Gasteiger partial charge in [-0.05, 0) is 41.8 Å². The molecule has 0 atom stereocenters. The van der Waals surface area contributed by atoms with Crippen LogP contribution in [0.25, 0.3) is 22.4 Å². The molecule has 0 bridgehead atoms. The van der Waals surface area contributed by atoms with Crippen LogP contribution in [-0.2, 0) is 7.05 Å². The van der Waals surface area contributed by atoms with E-state index in [-0.39, 0.29) is 0 Å². The van der Waals surface area contributed by atoms with Crippen molar-refractivity contribution < 1.29 is 4.57 Å². The number of hydrogen-bond donors (Lipinski definition) is 0. The molecule has 0 N–H and O–H groups in total. The molecule has 176 valence electrons. The molecule has 1 nitrogen and oxygen atoms in total. The van der Waals surface area contributed by atoms with Gasteiger partial charge in [0.25, 0.3) is 0 Å². The van der Waals surface area contributed by atoms with E-state index in [9.17, 15) is 0 Å². The second-order valence-electron chi connectivity index (χ2n) is 11.3. The first-order valence-corrected chi connectivity index (χ1v) is 18.6. The number of aryl methyl sites for hydroxylation is 2. The summed E-state index contributed by atoms with van der Waals surface area (Å²) < 4.78 is 2.26. The van der Waals surface area contributed by atoms with Gasteiger partial charge < -0.3 is 0 Å². The van der Waals surface area contributed by atoms with Gasteiger partial charge in [0, 0.05) is 17.7 Å². The minimum Gasteiger partial charge on any atom is -0.201 e. The molecular formula is C32H36NSi2+. The van der Waals surface area contributed by atoms with Crippen LogP contribution in [0.3, 0.4) is 0 Å². The summed E-state index contributed by atoms with van der Waals surface area (Å²) in [5.41, 5.74) is 6.64. The normalized spacial score (nSPS) is 17.6. The Hall–Kier alpha value is -2.76. The molecule has 4 aromatic rings. The lowest BCUT2D eigenvalue weighted by Crippen LogP contribution is -2.80. The van der Waals surface area contributed by atoms with Crippen molar-refractivity contribution in [3.05, 3.63) is 90.6 Å². The Balaban J connectivity index is 1.55. The molecule has 3 heterocycles. The molecule has 0 unspecified atom stereocenters. The van der Waals surface area contributed by atoms with Crippen LogP contribution in [0.5, 0.6) is 0 Å². The predicted molar refractivity (Wildman–Crippen MR) is 155 cm³/mol. The summed E-state index contributed by atoms with van der Waals surface area (Å²) in [5, 5.41) is 6.99. The monoisotopic (exact) mass is 490 g/mol. The van der Waals surface area contributed by atoms with Gasteiger partial charge in [-0.3, -0.25) is 0 Å². The van der Waals surface area contributed by atoms with E-state index in [2.05, 4.69) is 117 Å². The number of nitrogens with zero attached hydrogens (tertiary/aromatic N) is 1. The summed E-state index contributed by atoms with van der Waals surface area (Å²) in [6.45, 7) is 7.37. The summed E-state index contributed by atoms with van der Waals surface area (Å²) in [6.07, 6.45) is 6.43. The van der Waals surface area contributed by atoms with Crippen molar-refractivity contribution in [1.29, 1.82) is 0 Å². The zero-order valence-electron chi connectivity index (χ0n) is 21.6. The summed E-state index contributed by atoms with van der Waals surface area (Å²) in [5.74, 6) is 0. The maximum Gasteiger partial charge on any atom is 0.213 e. The van der Waals surface area contributed by atoms with Crippen LogP contribution in [0.2, 0.25) is 25.2 Å². The quantitative estimate of drug-likeness (QED) is 0.274. The van der Waals surface area contributed by atoms with Crippen LogP contribution >= 0.6 is 0 Å². The average Bonchev–Trinajstić information content (AvgIpc) is 2.89. The fraction of sp³-hybridized carbons (Fsp3) is 0.281. The second-order valence-corrected chi connectivity index (χ2v) is 19.9. The van der Waals surface area contributed by atoms with E-state index in [1.54, 1.807) is 20.7 Å². The molecule has 2 aliphatic heterocycles. The molecule has 2 aliphatic rings. The molecule has 0 radical (unpaired) electrons. The zero-order valence-corrected chi connectivity index (χ0v) is 23.6. The molecule has 0 aliphatic carbocycles. The molecule has 0 amide bonds. The van der Waals surface area contributed by atoms with Crippen LogP contribution in [-0.4, -0.2) is 16.1 Å². The lowest BCUT2D eigenvalue weighted by Gasteiger charge is -2.47. The van der Waals surface area contributed by atoms with E-state index < -0.39 is 16.1 Å². The molecule has 0 saturated carbocycles. The van der Waals surface area contributed by atoms with Crippen LogP contribution in [0.4, 0.5) is 0 Å². The fourth-order valence-electron chi connectivity index (χ4n) is 6.97. The van der Waals surface area contributed by atoms with Crippen LogP contribution in [0.15, 0.2) is 85.1 Å². The van der Waals surface area contributed by atoms with E-state index in [0.29, 0.717) is 0 Å². The standard InChI is InChI=1S/C32H36NSi2/c1-24-12-6-7-13-27(24)28-22-26(18-19-33(28)2)25-16-17-30-32(23-25)35(20-10-5-11-21-35)31-15-9-8-14-29(31)34(30,3)4/h6-9,12-19,22-23H,5,10-11,20-21H2,1-4H3/q+1. The molecular weight excluding hydrogens is 455 g/mol. The molecule has 35 heavy (non-hydrogen) atoms. The highest BCUT2D eigenvalue weighted by Gasteiger charge is 2.49. The molecule has 1 aromatic heterocycles. The smallest absolute Gasteiger partial charge is 0.201 e. The number of benzene rings is 3. The van der Waals surface area contributed by atoms with Crippen molar-refractivity contribution >= 4 is 36.9 Å². The predicted octanol–water partition coefficient (Wildman–Crippen LogP) is 5.04. The van der Waals surface area contributed by atoms with Gasteiger partial charge in [-0.1, -0.05) is 114 Å². The van der Waals surface area contributed by atoms with Crippen molar-refractivity contribution in [3.8, 4) is 22.4 Å². The summed E-state index contributed by atoms with van der Waals surface area (Å²) in [4.78, 5) is 0. The van der Waals surface area contributed by atoms with Gasteiger partial charge in [0.15, 0.2) is 6.20 Å². The van der Waals surface area contributed by atoms with Crippen LogP contribution in [0, 0.1) is 6.92 Å². The second kappa shape index (κ2) is 8.42. The van der Waals surface area contributed by atoms with Crippen molar-refractivity contribution in [2.45, 2.75) is 51.4 Å². The number of fused-ring (bicyclic) bond motifs is 4. The Kier molecular flexibility index (Phi) is 5.46. The molecule has 3 aromatic carbocycles. The third-order valence-corrected chi connectivity index (χ3v) is 18.3. The van der Waals surface area contributed by atoms with Gasteiger partial charge in [-0.15, -0.1) is 0 Å². The highest BCUT2D eigenvalue weighted by atomic mass is 28.3. The van der Waals surface area contributed by atoms with E-state index in [1.807, 2.05) is 0 Å². The zero-order chi connectivity index (χ0) is 24.2. The largest absolute Gasteiger partial charge is 0.213 e. The SMILES string of the molecule is Cc1ccccc1-c1cc(-c2ccc3c(c2)[Si]2(CCCCC2)c2ccccc2[Si]3(C)C)cc[n+]1C. The maximum absolute atomic E-state index is 2.65. The Morgan fingerprint density at radius 2 is 1.31 bits per heavy atom. The van der Waals surface area contributed by atoms with Gasteiger partial charge in [0.1, 0.15) is 23.2 Å². The van der Waals surface area contributed by atoms with Crippen molar-refractivity contribution in [2.24, 2.45) is 7.05 Å². The molecule has 1 spiro atoms. The Labute approximate surface area is 212 Å². The highest BCUT2D eigenvalue weighted by molar-refractivity contribution is 7.17. The van der Waals surface area contributed by atoms with Crippen molar-refractivity contribution in [3.63, 3.8) is 0 Å². The third-order valence-electron chi connectivity index (χ3n) is 8.94. The van der Waals surface area contributed by atoms with Crippen molar-refractivity contribution in [1.82, 2.24) is 0 Å². The number of rotatable bonds is 2.